The van der Waals surface area contributed by atoms with Crippen molar-refractivity contribution in [1.29, 1.82) is 0 Å². The standard InChI is InChI=1S/C20H21FO/c21-20-17(14-6-7-14)11-13(12-18(20)15-8-9-15)5-10-19(22)16-3-1-2-4-16/h1-3,11-12,14-15H,4-10H2. The molecule has 0 N–H and O–H groups in total. The van der Waals surface area contributed by atoms with Crippen molar-refractivity contribution in [2.24, 2.45) is 0 Å². The largest absolute Gasteiger partial charge is 0.295 e. The number of hydrogen-bond acceptors (Lipinski definition) is 1. The number of carbonyl (C=O) groups is 1. The molecule has 0 aliphatic heterocycles. The van der Waals surface area contributed by atoms with E-state index in [2.05, 4.69) is 0 Å². The molecular formula is C20H21FO. The molecule has 1 aromatic rings. The molecule has 0 atom stereocenters. The summed E-state index contributed by atoms with van der Waals surface area (Å²) in [6.07, 6.45) is 12.4. The van der Waals surface area contributed by atoms with Gasteiger partial charge < -0.3 is 0 Å². The van der Waals surface area contributed by atoms with Crippen molar-refractivity contribution in [3.05, 3.63) is 58.4 Å². The first-order chi connectivity index (χ1) is 10.7. The van der Waals surface area contributed by atoms with Crippen LogP contribution in [0.1, 0.15) is 67.1 Å². The topological polar surface area (TPSA) is 17.1 Å². The third kappa shape index (κ3) is 2.79. The Morgan fingerprint density at radius 2 is 1.73 bits per heavy atom. The molecule has 22 heavy (non-hydrogen) atoms. The van der Waals surface area contributed by atoms with E-state index in [0.29, 0.717) is 18.3 Å². The van der Waals surface area contributed by atoms with Crippen molar-refractivity contribution >= 4 is 5.78 Å². The number of halogens is 1. The van der Waals surface area contributed by atoms with Crippen LogP contribution >= 0.6 is 0 Å². The van der Waals surface area contributed by atoms with E-state index in [1.807, 2.05) is 30.4 Å². The first-order valence-corrected chi connectivity index (χ1v) is 8.43. The number of hydrogen-bond donors (Lipinski definition) is 0. The van der Waals surface area contributed by atoms with Crippen LogP contribution in [0.5, 0.6) is 0 Å². The van der Waals surface area contributed by atoms with Crippen molar-refractivity contribution in [2.45, 2.75) is 56.8 Å². The van der Waals surface area contributed by atoms with Gasteiger partial charge in [0.25, 0.3) is 0 Å². The quantitative estimate of drug-likeness (QED) is 0.724. The smallest absolute Gasteiger partial charge is 0.159 e. The van der Waals surface area contributed by atoms with Gasteiger partial charge >= 0.3 is 0 Å². The highest BCUT2D eigenvalue weighted by molar-refractivity contribution is 5.96. The lowest BCUT2D eigenvalue weighted by Crippen LogP contribution is -2.04. The van der Waals surface area contributed by atoms with Crippen molar-refractivity contribution < 1.29 is 9.18 Å². The van der Waals surface area contributed by atoms with E-state index in [9.17, 15) is 9.18 Å². The zero-order valence-corrected chi connectivity index (χ0v) is 12.8. The molecule has 0 radical (unpaired) electrons. The molecule has 0 bridgehead atoms. The molecule has 0 heterocycles. The molecule has 3 aliphatic carbocycles. The number of aryl methyl sites for hydroxylation is 1. The van der Waals surface area contributed by atoms with Crippen LogP contribution in [-0.4, -0.2) is 5.78 Å². The van der Waals surface area contributed by atoms with Gasteiger partial charge in [-0.3, -0.25) is 4.79 Å². The molecule has 2 saturated carbocycles. The minimum absolute atomic E-state index is 0.0442. The lowest BCUT2D eigenvalue weighted by Gasteiger charge is -2.11. The van der Waals surface area contributed by atoms with Gasteiger partial charge in [0, 0.05) is 6.42 Å². The normalized spacial score (nSPS) is 20.3. The Morgan fingerprint density at radius 3 is 2.23 bits per heavy atom. The van der Waals surface area contributed by atoms with E-state index in [-0.39, 0.29) is 11.6 Å². The molecule has 0 unspecified atom stereocenters. The lowest BCUT2D eigenvalue weighted by molar-refractivity contribution is -0.115. The predicted molar refractivity (Wildman–Crippen MR) is 85.5 cm³/mol. The molecule has 0 aromatic heterocycles. The second-order valence-electron chi connectivity index (χ2n) is 6.88. The predicted octanol–water partition coefficient (Wildman–Crippen LogP) is 4.97. The van der Waals surface area contributed by atoms with Gasteiger partial charge in [-0.2, -0.15) is 0 Å². The van der Waals surface area contributed by atoms with Crippen LogP contribution in [-0.2, 0) is 11.2 Å². The fourth-order valence-electron chi connectivity index (χ4n) is 3.33. The zero-order chi connectivity index (χ0) is 15.1. The summed E-state index contributed by atoms with van der Waals surface area (Å²) in [5.41, 5.74) is 3.87. The molecule has 2 heteroatoms. The first-order valence-electron chi connectivity index (χ1n) is 8.43. The number of Topliss-reactive ketones (excluding diaryl/α,β-unsaturated/α-hetero) is 1. The number of allylic oxidation sites excluding steroid dienone is 4. The summed E-state index contributed by atoms with van der Waals surface area (Å²) < 4.78 is 14.6. The summed E-state index contributed by atoms with van der Waals surface area (Å²) in [6.45, 7) is 0. The summed E-state index contributed by atoms with van der Waals surface area (Å²) in [5, 5.41) is 0. The van der Waals surface area contributed by atoms with E-state index in [4.69, 9.17) is 0 Å². The Kier molecular flexibility index (Phi) is 3.48. The average molecular weight is 296 g/mol. The number of benzene rings is 1. The maximum Gasteiger partial charge on any atom is 0.159 e. The second-order valence-corrected chi connectivity index (χ2v) is 6.88. The second kappa shape index (κ2) is 5.49. The maximum absolute atomic E-state index is 14.6. The highest BCUT2D eigenvalue weighted by Crippen LogP contribution is 2.47. The van der Waals surface area contributed by atoms with Crippen molar-refractivity contribution in [3.8, 4) is 0 Å². The molecule has 0 spiro atoms. The van der Waals surface area contributed by atoms with Gasteiger partial charge in [0.2, 0.25) is 0 Å². The van der Waals surface area contributed by atoms with E-state index >= 15 is 0 Å². The Balaban J connectivity index is 1.52. The summed E-state index contributed by atoms with van der Waals surface area (Å²) in [6, 6.07) is 4.04. The average Bonchev–Trinajstić information content (AvgIpc) is 3.45. The molecule has 2 fully saturated rings. The third-order valence-corrected chi connectivity index (χ3v) is 4.99. The van der Waals surface area contributed by atoms with Crippen LogP contribution in [0.15, 0.2) is 35.9 Å². The molecule has 0 saturated heterocycles. The summed E-state index contributed by atoms with van der Waals surface area (Å²) in [5.74, 6) is 1.13. The minimum Gasteiger partial charge on any atom is -0.295 e. The summed E-state index contributed by atoms with van der Waals surface area (Å²) >= 11 is 0. The van der Waals surface area contributed by atoms with Gasteiger partial charge in [0.05, 0.1) is 0 Å². The van der Waals surface area contributed by atoms with Crippen LogP contribution in [0.4, 0.5) is 4.39 Å². The third-order valence-electron chi connectivity index (χ3n) is 4.99. The van der Waals surface area contributed by atoms with E-state index in [1.165, 1.54) is 0 Å². The van der Waals surface area contributed by atoms with Gasteiger partial charge in [-0.25, -0.2) is 4.39 Å². The Labute approximate surface area is 130 Å². The number of carbonyl (C=O) groups excluding carboxylic acids is 1. The lowest BCUT2D eigenvalue weighted by atomic mass is 9.95. The van der Waals surface area contributed by atoms with E-state index in [0.717, 1.165) is 60.8 Å². The van der Waals surface area contributed by atoms with Gasteiger partial charge in [0.15, 0.2) is 5.78 Å². The SMILES string of the molecule is O=C(CCc1cc(C2CC2)c(F)c(C2CC2)c1)C1=CC=CC1. The van der Waals surface area contributed by atoms with Gasteiger partial charge in [-0.1, -0.05) is 30.4 Å². The van der Waals surface area contributed by atoms with Crippen molar-refractivity contribution in [1.82, 2.24) is 0 Å². The summed E-state index contributed by atoms with van der Waals surface area (Å²) in [7, 11) is 0. The van der Waals surface area contributed by atoms with Gasteiger partial charge in [0.1, 0.15) is 5.82 Å². The van der Waals surface area contributed by atoms with Gasteiger partial charge in [-0.15, -0.1) is 0 Å². The van der Waals surface area contributed by atoms with Crippen LogP contribution in [0, 0.1) is 5.82 Å². The Morgan fingerprint density at radius 1 is 1.09 bits per heavy atom. The molecule has 114 valence electrons. The van der Waals surface area contributed by atoms with Crippen molar-refractivity contribution in [2.75, 3.05) is 0 Å². The van der Waals surface area contributed by atoms with Crippen molar-refractivity contribution in [3.63, 3.8) is 0 Å². The number of rotatable bonds is 6. The number of ketones is 1. The maximum atomic E-state index is 14.6. The molecule has 4 rings (SSSR count). The Bertz CT molecular complexity index is 642. The molecular weight excluding hydrogens is 275 g/mol. The fourth-order valence-corrected chi connectivity index (χ4v) is 3.33. The summed E-state index contributed by atoms with van der Waals surface area (Å²) in [4.78, 5) is 12.2. The fraction of sp³-hybridized carbons (Fsp3) is 0.450. The van der Waals surface area contributed by atoms with Crippen LogP contribution in [0.2, 0.25) is 0 Å². The monoisotopic (exact) mass is 296 g/mol. The first kappa shape index (κ1) is 13.9. The Hall–Kier alpha value is -1.70. The van der Waals surface area contributed by atoms with E-state index < -0.39 is 0 Å². The molecule has 0 amide bonds. The van der Waals surface area contributed by atoms with Crippen LogP contribution in [0.3, 0.4) is 0 Å². The molecule has 1 aromatic carbocycles. The highest BCUT2D eigenvalue weighted by atomic mass is 19.1. The van der Waals surface area contributed by atoms with Crippen LogP contribution < -0.4 is 0 Å². The van der Waals surface area contributed by atoms with Gasteiger partial charge in [-0.05, 0) is 72.6 Å². The molecule has 3 aliphatic rings. The highest BCUT2D eigenvalue weighted by Gasteiger charge is 2.33. The molecule has 1 nitrogen and oxygen atoms in total. The van der Waals surface area contributed by atoms with Crippen LogP contribution in [0.25, 0.3) is 0 Å². The van der Waals surface area contributed by atoms with E-state index in [1.54, 1.807) is 0 Å². The minimum atomic E-state index is 0.0442. The zero-order valence-electron chi connectivity index (χ0n) is 12.8.